The Bertz CT molecular complexity index is 460. The molecule has 2 rings (SSSR count). The number of carbonyl (C=O) groups is 3. The van der Waals surface area contributed by atoms with Crippen molar-refractivity contribution in [1.82, 2.24) is 0 Å². The van der Waals surface area contributed by atoms with Crippen molar-refractivity contribution in [1.29, 1.82) is 0 Å². The standard InChI is InChI=1S/C13H11IO3/c14-9-6-4-8(5-7-9)13(17)12-10(15)2-1-3-11(12)16/h4-7,12H,1-3H2. The van der Waals surface area contributed by atoms with E-state index in [1.165, 1.54) is 0 Å². The number of halogens is 1. The third-order valence-electron chi connectivity index (χ3n) is 2.88. The molecule has 0 aromatic heterocycles. The Hall–Kier alpha value is -1.04. The fourth-order valence-corrected chi connectivity index (χ4v) is 2.34. The van der Waals surface area contributed by atoms with Crippen molar-refractivity contribution in [2.24, 2.45) is 5.92 Å². The predicted molar refractivity (Wildman–Crippen MR) is 70.8 cm³/mol. The Labute approximate surface area is 113 Å². The van der Waals surface area contributed by atoms with Crippen LogP contribution < -0.4 is 0 Å². The second-order valence-corrected chi connectivity index (χ2v) is 5.34. The maximum atomic E-state index is 12.1. The van der Waals surface area contributed by atoms with E-state index in [2.05, 4.69) is 22.6 Å². The van der Waals surface area contributed by atoms with Gasteiger partial charge in [0, 0.05) is 22.0 Å². The fourth-order valence-electron chi connectivity index (χ4n) is 1.98. The SMILES string of the molecule is O=C1CCCC(=O)C1C(=O)c1ccc(I)cc1. The second-order valence-electron chi connectivity index (χ2n) is 4.09. The molecule has 0 aliphatic heterocycles. The number of hydrogen-bond donors (Lipinski definition) is 0. The first-order valence-corrected chi connectivity index (χ1v) is 6.52. The zero-order chi connectivity index (χ0) is 12.4. The highest BCUT2D eigenvalue weighted by molar-refractivity contribution is 14.1. The van der Waals surface area contributed by atoms with Gasteiger partial charge in [-0.15, -0.1) is 0 Å². The number of benzene rings is 1. The summed E-state index contributed by atoms with van der Waals surface area (Å²) < 4.78 is 1.01. The van der Waals surface area contributed by atoms with E-state index in [0.29, 0.717) is 24.8 Å². The van der Waals surface area contributed by atoms with Crippen LogP contribution in [0.15, 0.2) is 24.3 Å². The average molecular weight is 342 g/mol. The van der Waals surface area contributed by atoms with Crippen LogP contribution in [0.1, 0.15) is 29.6 Å². The van der Waals surface area contributed by atoms with Crippen LogP contribution in [0, 0.1) is 9.49 Å². The summed E-state index contributed by atoms with van der Waals surface area (Å²) in [5, 5.41) is 0. The molecule has 17 heavy (non-hydrogen) atoms. The van der Waals surface area contributed by atoms with E-state index in [4.69, 9.17) is 0 Å². The largest absolute Gasteiger partial charge is 0.298 e. The van der Waals surface area contributed by atoms with E-state index in [0.717, 1.165) is 3.57 Å². The quantitative estimate of drug-likeness (QED) is 0.471. The fraction of sp³-hybridized carbons (Fsp3) is 0.308. The van der Waals surface area contributed by atoms with Crippen LogP contribution in [-0.2, 0) is 9.59 Å². The summed E-state index contributed by atoms with van der Waals surface area (Å²) in [4.78, 5) is 35.4. The van der Waals surface area contributed by atoms with Crippen LogP contribution in [0.4, 0.5) is 0 Å². The van der Waals surface area contributed by atoms with Crippen LogP contribution >= 0.6 is 22.6 Å². The van der Waals surface area contributed by atoms with Gasteiger partial charge in [-0.25, -0.2) is 0 Å². The van der Waals surface area contributed by atoms with Crippen molar-refractivity contribution in [3.05, 3.63) is 33.4 Å². The van der Waals surface area contributed by atoms with E-state index in [9.17, 15) is 14.4 Å². The molecule has 0 amide bonds. The van der Waals surface area contributed by atoms with Gasteiger partial charge in [0.1, 0.15) is 5.92 Å². The molecule has 1 aliphatic carbocycles. The van der Waals surface area contributed by atoms with Gasteiger partial charge in [-0.2, -0.15) is 0 Å². The molecule has 0 radical (unpaired) electrons. The molecule has 1 aromatic carbocycles. The summed E-state index contributed by atoms with van der Waals surface area (Å²) in [6.07, 6.45) is 1.26. The maximum Gasteiger partial charge on any atom is 0.180 e. The van der Waals surface area contributed by atoms with Gasteiger partial charge in [0.05, 0.1) is 0 Å². The highest BCUT2D eigenvalue weighted by Gasteiger charge is 2.36. The van der Waals surface area contributed by atoms with Crippen LogP contribution in [0.3, 0.4) is 0 Å². The van der Waals surface area contributed by atoms with Gasteiger partial charge in [-0.1, -0.05) is 12.1 Å². The number of ketones is 3. The van der Waals surface area contributed by atoms with E-state index < -0.39 is 5.92 Å². The molecular formula is C13H11IO3. The Balaban J connectivity index is 2.27. The molecule has 0 unspecified atom stereocenters. The van der Waals surface area contributed by atoms with Crippen LogP contribution in [-0.4, -0.2) is 17.3 Å². The van der Waals surface area contributed by atoms with Gasteiger partial charge < -0.3 is 0 Å². The molecule has 3 nitrogen and oxygen atoms in total. The molecule has 0 heterocycles. The lowest BCUT2D eigenvalue weighted by atomic mass is 9.82. The van der Waals surface area contributed by atoms with Crippen LogP contribution in [0.25, 0.3) is 0 Å². The molecule has 1 aromatic rings. The molecule has 0 bridgehead atoms. The Morgan fingerprint density at radius 3 is 2.12 bits per heavy atom. The van der Waals surface area contributed by atoms with Crippen molar-refractivity contribution in [3.63, 3.8) is 0 Å². The highest BCUT2D eigenvalue weighted by atomic mass is 127. The third kappa shape index (κ3) is 2.62. The Morgan fingerprint density at radius 2 is 1.59 bits per heavy atom. The zero-order valence-corrected chi connectivity index (χ0v) is 11.3. The van der Waals surface area contributed by atoms with E-state index in [1.54, 1.807) is 24.3 Å². The van der Waals surface area contributed by atoms with Crippen LogP contribution in [0.2, 0.25) is 0 Å². The van der Waals surface area contributed by atoms with Crippen LogP contribution in [0.5, 0.6) is 0 Å². The van der Waals surface area contributed by atoms with Crippen molar-refractivity contribution < 1.29 is 14.4 Å². The van der Waals surface area contributed by atoms with Crippen molar-refractivity contribution in [2.45, 2.75) is 19.3 Å². The molecular weight excluding hydrogens is 331 g/mol. The number of Topliss-reactive ketones (excluding diaryl/α,β-unsaturated/α-hetero) is 3. The Morgan fingerprint density at radius 1 is 1.06 bits per heavy atom. The lowest BCUT2D eigenvalue weighted by Crippen LogP contribution is -2.35. The number of hydrogen-bond acceptors (Lipinski definition) is 3. The minimum absolute atomic E-state index is 0.232. The normalized spacial score (nSPS) is 17.2. The molecule has 88 valence electrons. The van der Waals surface area contributed by atoms with Crippen molar-refractivity contribution in [3.8, 4) is 0 Å². The summed E-state index contributed by atoms with van der Waals surface area (Å²) in [6.45, 7) is 0. The van der Waals surface area contributed by atoms with Gasteiger partial charge in [-0.05, 0) is 41.1 Å². The van der Waals surface area contributed by atoms with Gasteiger partial charge in [0.25, 0.3) is 0 Å². The smallest absolute Gasteiger partial charge is 0.180 e. The molecule has 0 N–H and O–H groups in total. The second kappa shape index (κ2) is 5.08. The summed E-state index contributed by atoms with van der Waals surface area (Å²) in [5.41, 5.74) is 0.444. The summed E-state index contributed by atoms with van der Waals surface area (Å²) >= 11 is 2.14. The van der Waals surface area contributed by atoms with E-state index >= 15 is 0 Å². The molecule has 1 saturated carbocycles. The first kappa shape index (κ1) is 12.4. The summed E-state index contributed by atoms with van der Waals surface area (Å²) in [6, 6.07) is 6.93. The van der Waals surface area contributed by atoms with Gasteiger partial charge >= 0.3 is 0 Å². The topological polar surface area (TPSA) is 51.2 Å². The van der Waals surface area contributed by atoms with E-state index in [1.807, 2.05) is 0 Å². The average Bonchev–Trinajstić information content (AvgIpc) is 2.29. The first-order chi connectivity index (χ1) is 8.09. The lowest BCUT2D eigenvalue weighted by Gasteiger charge is -2.18. The van der Waals surface area contributed by atoms with Gasteiger partial charge in [-0.3, -0.25) is 14.4 Å². The molecule has 1 fully saturated rings. The monoisotopic (exact) mass is 342 g/mol. The molecule has 1 aliphatic rings. The Kier molecular flexibility index (Phi) is 3.71. The predicted octanol–water partition coefficient (Wildman–Crippen LogP) is 2.41. The minimum Gasteiger partial charge on any atom is -0.298 e. The number of rotatable bonds is 2. The third-order valence-corrected chi connectivity index (χ3v) is 3.60. The van der Waals surface area contributed by atoms with Gasteiger partial charge in [0.2, 0.25) is 0 Å². The summed E-state index contributed by atoms with van der Waals surface area (Å²) in [7, 11) is 0. The molecule has 4 heteroatoms. The van der Waals surface area contributed by atoms with Crippen molar-refractivity contribution >= 4 is 39.9 Å². The number of carbonyl (C=O) groups excluding carboxylic acids is 3. The van der Waals surface area contributed by atoms with E-state index in [-0.39, 0.29) is 17.3 Å². The summed E-state index contributed by atoms with van der Waals surface area (Å²) in [5.74, 6) is -1.87. The first-order valence-electron chi connectivity index (χ1n) is 5.45. The maximum absolute atomic E-state index is 12.1. The minimum atomic E-state index is -1.05. The molecule has 0 spiro atoms. The molecule has 0 saturated heterocycles. The molecule has 0 atom stereocenters. The van der Waals surface area contributed by atoms with Gasteiger partial charge in [0.15, 0.2) is 17.3 Å². The lowest BCUT2D eigenvalue weighted by molar-refractivity contribution is -0.133. The highest BCUT2D eigenvalue weighted by Crippen LogP contribution is 2.22. The van der Waals surface area contributed by atoms with Crippen molar-refractivity contribution in [2.75, 3.05) is 0 Å². The zero-order valence-electron chi connectivity index (χ0n) is 9.11.